The Balaban J connectivity index is 1.22. The first-order valence-electron chi connectivity index (χ1n) is 14.1. The first-order valence-corrected chi connectivity index (χ1v) is 15.8. The Hall–Kier alpha value is -4.68. The van der Waals surface area contributed by atoms with E-state index in [2.05, 4.69) is 146 Å². The molecule has 0 nitrogen and oxygen atoms in total. The zero-order valence-electron chi connectivity index (χ0n) is 22.3. The van der Waals surface area contributed by atoms with Gasteiger partial charge in [0.2, 0.25) is 0 Å². The van der Waals surface area contributed by atoms with Gasteiger partial charge in [-0.1, -0.05) is 0 Å². The Morgan fingerprint density at radius 2 is 0.659 bits per heavy atom. The molecule has 9 rings (SSSR count). The molecule has 0 fully saturated rings. The van der Waals surface area contributed by atoms with Crippen molar-refractivity contribution in [3.05, 3.63) is 146 Å². The topological polar surface area (TPSA) is 0 Å². The van der Waals surface area contributed by atoms with E-state index < -0.39 is 0 Å². The van der Waals surface area contributed by atoms with E-state index in [-0.39, 0.29) is 0 Å². The first kappa shape index (κ1) is 23.1. The molecule has 0 bridgehead atoms. The van der Waals surface area contributed by atoms with Gasteiger partial charge in [-0.05, 0) is 0 Å². The van der Waals surface area contributed by atoms with Crippen molar-refractivity contribution < 1.29 is 0 Å². The van der Waals surface area contributed by atoms with Gasteiger partial charge < -0.3 is 0 Å². The monoisotopic (exact) mass is 584 g/mol. The van der Waals surface area contributed by atoms with Crippen molar-refractivity contribution in [3.8, 4) is 22.3 Å². The van der Waals surface area contributed by atoms with Gasteiger partial charge in [-0.25, -0.2) is 0 Å². The van der Waals surface area contributed by atoms with E-state index in [0.717, 1.165) is 0 Å². The summed E-state index contributed by atoms with van der Waals surface area (Å²) in [5.41, 5.74) is 5.05. The van der Waals surface area contributed by atoms with Crippen molar-refractivity contribution in [3.63, 3.8) is 0 Å². The van der Waals surface area contributed by atoms with E-state index in [9.17, 15) is 0 Å². The normalized spacial score (nSPS) is 11.9. The molecule has 0 amide bonds. The van der Waals surface area contributed by atoms with Crippen LogP contribution in [0.4, 0.5) is 0 Å². The van der Waals surface area contributed by atoms with Gasteiger partial charge in [-0.3, -0.25) is 0 Å². The van der Waals surface area contributed by atoms with Gasteiger partial charge in [0, 0.05) is 0 Å². The van der Waals surface area contributed by atoms with Crippen LogP contribution in [0.5, 0.6) is 0 Å². The SMILES string of the molecule is c1ccc(-c2ccc3cc4cc5[se]c6cc7cc8ccc(-c9ccccc9)cc8cc7cc6c5cc4cc3c2)cc1. The average Bonchev–Trinajstić information content (AvgIpc) is 3.36. The predicted octanol–water partition coefficient (Wildman–Crippen LogP) is 11.0. The Bertz CT molecular complexity index is 2280. The van der Waals surface area contributed by atoms with Crippen molar-refractivity contribution in [1.82, 2.24) is 0 Å². The molecule has 0 aliphatic heterocycles. The van der Waals surface area contributed by atoms with Crippen molar-refractivity contribution in [2.45, 2.75) is 0 Å². The molecular weight excluding hydrogens is 559 g/mol. The third-order valence-electron chi connectivity index (χ3n) is 8.51. The third kappa shape index (κ3) is 3.82. The molecule has 0 unspecified atom stereocenters. The standard InChI is InChI=1S/C40H24Se/c1-3-7-25(8-4-1)27-11-13-29-17-35-23-39-37(21-33(35)19-31(29)15-27)38-22-34-20-32-16-28(26-9-5-2-6-10-26)12-14-30(32)18-36(34)24-40(38)41-39/h1-24H. The summed E-state index contributed by atoms with van der Waals surface area (Å²) in [6.45, 7) is 0. The van der Waals surface area contributed by atoms with E-state index in [1.807, 2.05) is 0 Å². The quantitative estimate of drug-likeness (QED) is 0.140. The van der Waals surface area contributed by atoms with Crippen molar-refractivity contribution in [1.29, 1.82) is 0 Å². The summed E-state index contributed by atoms with van der Waals surface area (Å²) in [6.07, 6.45) is 0. The summed E-state index contributed by atoms with van der Waals surface area (Å²) in [6, 6.07) is 54.3. The molecule has 41 heavy (non-hydrogen) atoms. The Morgan fingerprint density at radius 1 is 0.268 bits per heavy atom. The van der Waals surface area contributed by atoms with Gasteiger partial charge in [0.1, 0.15) is 0 Å². The van der Waals surface area contributed by atoms with Crippen LogP contribution in [0.2, 0.25) is 0 Å². The summed E-state index contributed by atoms with van der Waals surface area (Å²) in [5, 5.41) is 13.3. The van der Waals surface area contributed by atoms with Gasteiger partial charge in [0.05, 0.1) is 0 Å². The molecule has 0 saturated heterocycles. The molecule has 190 valence electrons. The van der Waals surface area contributed by atoms with Gasteiger partial charge in [0.25, 0.3) is 0 Å². The number of fused-ring (bicyclic) bond motifs is 7. The molecular formula is C40H24Se. The first-order chi connectivity index (χ1) is 20.2. The Kier molecular flexibility index (Phi) is 5.01. The maximum absolute atomic E-state index is 2.45. The molecule has 0 N–H and O–H groups in total. The fourth-order valence-electron chi connectivity index (χ4n) is 6.39. The van der Waals surface area contributed by atoms with Crippen molar-refractivity contribution in [2.24, 2.45) is 0 Å². The number of hydrogen-bond donors (Lipinski definition) is 0. The van der Waals surface area contributed by atoms with E-state index in [0.29, 0.717) is 14.5 Å². The number of benzene rings is 8. The van der Waals surface area contributed by atoms with Crippen LogP contribution in [0, 0.1) is 0 Å². The average molecular weight is 584 g/mol. The molecule has 8 aromatic carbocycles. The third-order valence-corrected chi connectivity index (χ3v) is 10.9. The number of rotatable bonds is 2. The van der Waals surface area contributed by atoms with E-state index in [1.165, 1.54) is 84.6 Å². The van der Waals surface area contributed by atoms with Gasteiger partial charge >= 0.3 is 245 Å². The molecule has 1 heterocycles. The minimum atomic E-state index is 0.311. The molecule has 0 aliphatic rings. The number of hydrogen-bond acceptors (Lipinski definition) is 0. The molecule has 0 saturated carbocycles. The second-order valence-corrected chi connectivity index (χ2v) is 13.3. The zero-order valence-corrected chi connectivity index (χ0v) is 24.0. The van der Waals surface area contributed by atoms with Crippen LogP contribution in [0.25, 0.3) is 84.6 Å². The van der Waals surface area contributed by atoms with E-state index in [1.54, 1.807) is 0 Å². The van der Waals surface area contributed by atoms with Crippen LogP contribution < -0.4 is 0 Å². The molecule has 1 aromatic heterocycles. The molecule has 0 radical (unpaired) electrons. The maximum atomic E-state index is 2.45. The fourth-order valence-corrected chi connectivity index (χ4v) is 8.83. The molecule has 0 atom stereocenters. The van der Waals surface area contributed by atoms with Gasteiger partial charge in [-0.2, -0.15) is 0 Å². The van der Waals surface area contributed by atoms with Crippen molar-refractivity contribution in [2.75, 3.05) is 0 Å². The molecule has 0 aliphatic carbocycles. The predicted molar refractivity (Wildman–Crippen MR) is 179 cm³/mol. The van der Waals surface area contributed by atoms with Gasteiger partial charge in [-0.15, -0.1) is 0 Å². The summed E-state index contributed by atoms with van der Waals surface area (Å²) >= 11 is 0.311. The van der Waals surface area contributed by atoms with Crippen molar-refractivity contribution >= 4 is 76.9 Å². The Morgan fingerprint density at radius 3 is 1.12 bits per heavy atom. The van der Waals surface area contributed by atoms with E-state index >= 15 is 0 Å². The summed E-state index contributed by atoms with van der Waals surface area (Å²) in [7, 11) is 0. The van der Waals surface area contributed by atoms with Crippen LogP contribution in [-0.2, 0) is 0 Å². The van der Waals surface area contributed by atoms with Crippen LogP contribution in [-0.4, -0.2) is 14.5 Å². The molecule has 1 heteroatoms. The van der Waals surface area contributed by atoms with Crippen LogP contribution in [0.3, 0.4) is 0 Å². The van der Waals surface area contributed by atoms with Gasteiger partial charge in [0.15, 0.2) is 0 Å². The summed E-state index contributed by atoms with van der Waals surface area (Å²) in [4.78, 5) is 0. The van der Waals surface area contributed by atoms with Crippen LogP contribution >= 0.6 is 0 Å². The van der Waals surface area contributed by atoms with Crippen LogP contribution in [0.1, 0.15) is 0 Å². The molecule has 9 aromatic rings. The minimum absolute atomic E-state index is 0.311. The summed E-state index contributed by atoms with van der Waals surface area (Å²) in [5.74, 6) is 0. The second-order valence-electron chi connectivity index (χ2n) is 11.1. The fraction of sp³-hybridized carbons (Fsp3) is 0. The van der Waals surface area contributed by atoms with E-state index in [4.69, 9.17) is 0 Å². The molecule has 0 spiro atoms. The second kappa shape index (κ2) is 8.91. The Labute approximate surface area is 243 Å². The van der Waals surface area contributed by atoms with Crippen LogP contribution in [0.15, 0.2) is 146 Å². The zero-order chi connectivity index (χ0) is 26.9. The summed E-state index contributed by atoms with van der Waals surface area (Å²) < 4.78 is 2.98.